The molecule has 0 aliphatic rings. The van der Waals surface area contributed by atoms with Gasteiger partial charge in [0, 0.05) is 0 Å². The normalized spacial score (nSPS) is 7.67. The fourth-order valence-electron chi connectivity index (χ4n) is 0.867. The molecule has 0 aromatic heterocycles. The molecule has 1 rings (SSSR count). The molecule has 0 spiro atoms. The third-order valence-corrected chi connectivity index (χ3v) is 2.43. The number of hydrogen-bond acceptors (Lipinski definition) is 1. The molecule has 85 valence electrons. The van der Waals surface area contributed by atoms with Crippen LogP contribution >= 0.6 is 0 Å². The van der Waals surface area contributed by atoms with Gasteiger partial charge in [-0.3, -0.25) is 0 Å². The molecule has 0 saturated carbocycles. The zero-order valence-electron chi connectivity index (χ0n) is 8.66. The van der Waals surface area contributed by atoms with Crippen molar-refractivity contribution in [2.24, 2.45) is 0 Å². The van der Waals surface area contributed by atoms with Gasteiger partial charge in [-0.1, -0.05) is 0 Å². The van der Waals surface area contributed by atoms with Crippen LogP contribution in [-0.2, 0) is 4.79 Å². The van der Waals surface area contributed by atoms with Crippen molar-refractivity contribution in [1.29, 1.82) is 0 Å². The summed E-state index contributed by atoms with van der Waals surface area (Å²) in [6, 6.07) is 7.87. The van der Waals surface area contributed by atoms with Crippen LogP contribution in [0.5, 0.6) is 0 Å². The molecule has 0 atom stereocenters. The van der Waals surface area contributed by atoms with Crippen LogP contribution in [0, 0.1) is 0 Å². The Bertz CT molecular complexity index is 289. The SMILES string of the molecule is CC(=O)N(C)c1cc[c]([Ge])cc1.O.O.O. The summed E-state index contributed by atoms with van der Waals surface area (Å²) in [4.78, 5) is 12.6. The average molecular weight is 275 g/mol. The van der Waals surface area contributed by atoms with Crippen molar-refractivity contribution in [2.75, 3.05) is 11.9 Å². The predicted molar refractivity (Wildman–Crippen MR) is 61.8 cm³/mol. The van der Waals surface area contributed by atoms with Crippen LogP contribution in [0.2, 0.25) is 0 Å². The first kappa shape index (κ1) is 19.6. The number of anilines is 1. The molecule has 0 unspecified atom stereocenters. The molecule has 6 heteroatoms. The van der Waals surface area contributed by atoms with Gasteiger partial charge < -0.3 is 16.4 Å². The predicted octanol–water partition coefficient (Wildman–Crippen LogP) is -2.01. The van der Waals surface area contributed by atoms with E-state index in [1.807, 2.05) is 40.8 Å². The summed E-state index contributed by atoms with van der Waals surface area (Å²) in [6.45, 7) is 1.56. The van der Waals surface area contributed by atoms with Gasteiger partial charge in [-0.2, -0.15) is 0 Å². The summed E-state index contributed by atoms with van der Waals surface area (Å²) >= 11 is 2.03. The van der Waals surface area contributed by atoms with E-state index < -0.39 is 0 Å². The number of benzene rings is 1. The molecule has 0 bridgehead atoms. The summed E-state index contributed by atoms with van der Waals surface area (Å²) in [7, 11) is 1.77. The molecule has 3 radical (unpaired) electrons. The van der Waals surface area contributed by atoms with E-state index in [0.29, 0.717) is 0 Å². The summed E-state index contributed by atoms with van der Waals surface area (Å²) in [5.74, 6) is 0.0545. The maximum absolute atomic E-state index is 11.0. The van der Waals surface area contributed by atoms with Crippen molar-refractivity contribution in [3.8, 4) is 0 Å². The quantitative estimate of drug-likeness (QED) is 0.541. The zero-order valence-corrected chi connectivity index (χ0v) is 10.8. The van der Waals surface area contributed by atoms with E-state index in [2.05, 4.69) is 0 Å². The fourth-order valence-corrected chi connectivity index (χ4v) is 1.22. The summed E-state index contributed by atoms with van der Waals surface area (Å²) in [6.07, 6.45) is 0. The van der Waals surface area contributed by atoms with Crippen molar-refractivity contribution >= 4 is 32.5 Å². The van der Waals surface area contributed by atoms with Gasteiger partial charge >= 0.3 is 80.4 Å². The minimum atomic E-state index is 0. The van der Waals surface area contributed by atoms with Gasteiger partial charge in [0.2, 0.25) is 0 Å². The minimum absolute atomic E-state index is 0. The van der Waals surface area contributed by atoms with Crippen LogP contribution in [0.1, 0.15) is 6.92 Å². The second-order valence-corrected chi connectivity index (χ2v) is 3.84. The fraction of sp³-hybridized carbons (Fsp3) is 0.222. The molecule has 0 aliphatic carbocycles. The monoisotopic (exact) mass is 276 g/mol. The topological polar surface area (TPSA) is 115 Å². The summed E-state index contributed by atoms with van der Waals surface area (Å²) < 4.78 is 1.20. The Morgan fingerprint density at radius 3 is 1.87 bits per heavy atom. The summed E-state index contributed by atoms with van der Waals surface area (Å²) in [5, 5.41) is 0. The van der Waals surface area contributed by atoms with E-state index in [1.54, 1.807) is 18.9 Å². The maximum Gasteiger partial charge on any atom is -0.412 e. The second kappa shape index (κ2) is 8.42. The van der Waals surface area contributed by atoms with Crippen LogP contribution in [0.15, 0.2) is 24.3 Å². The Morgan fingerprint density at radius 2 is 1.53 bits per heavy atom. The Hall–Kier alpha value is -0.887. The molecule has 0 aliphatic heterocycles. The van der Waals surface area contributed by atoms with E-state index >= 15 is 0 Å². The van der Waals surface area contributed by atoms with Gasteiger partial charge in [0.25, 0.3) is 0 Å². The number of carbonyl (C=O) groups is 1. The molecule has 1 aromatic rings. The third-order valence-electron chi connectivity index (χ3n) is 1.73. The number of carbonyl (C=O) groups excluding carboxylic acids is 1. The first-order chi connectivity index (χ1) is 5.61. The van der Waals surface area contributed by atoms with E-state index in [0.717, 1.165) is 5.69 Å². The molecule has 0 saturated heterocycles. The van der Waals surface area contributed by atoms with Gasteiger partial charge in [-0.15, -0.1) is 0 Å². The largest absolute Gasteiger partial charge is 0.412 e. The molecule has 0 heterocycles. The molecule has 15 heavy (non-hydrogen) atoms. The molecule has 0 fully saturated rings. The molecule has 5 nitrogen and oxygen atoms in total. The Morgan fingerprint density at radius 1 is 1.13 bits per heavy atom. The standard InChI is InChI=1S/C9H10GeNO.3H2O/c1-7(12)11(2)9-5-3-8(10)4-6-9;;;/h3-6H,1-2H3;3*1H2. The Kier molecular flexibility index (Phi) is 11.0. The second-order valence-electron chi connectivity index (χ2n) is 2.62. The smallest absolute Gasteiger partial charge is 0.412 e. The van der Waals surface area contributed by atoms with Crippen LogP contribution in [-0.4, -0.2) is 45.9 Å². The zero-order chi connectivity index (χ0) is 9.14. The van der Waals surface area contributed by atoms with Crippen molar-refractivity contribution < 1.29 is 21.2 Å². The molecule has 6 N–H and O–H groups in total. The van der Waals surface area contributed by atoms with Crippen molar-refractivity contribution in [3.05, 3.63) is 24.3 Å². The Balaban J connectivity index is -0.000000480. The van der Waals surface area contributed by atoms with Gasteiger partial charge in [0.1, 0.15) is 0 Å². The minimum Gasteiger partial charge on any atom is -0.412 e. The van der Waals surface area contributed by atoms with Crippen LogP contribution in [0.4, 0.5) is 5.69 Å². The average Bonchev–Trinajstić information content (AvgIpc) is 2.04. The van der Waals surface area contributed by atoms with Crippen molar-refractivity contribution in [3.63, 3.8) is 0 Å². The number of amides is 1. The van der Waals surface area contributed by atoms with Crippen LogP contribution in [0.25, 0.3) is 0 Å². The van der Waals surface area contributed by atoms with Crippen LogP contribution in [0.3, 0.4) is 0 Å². The Labute approximate surface area is 97.2 Å². The molecule has 1 amide bonds. The maximum atomic E-state index is 11.0. The number of rotatable bonds is 1. The summed E-state index contributed by atoms with van der Waals surface area (Å²) in [5.41, 5.74) is 0.938. The first-order valence-electron chi connectivity index (χ1n) is 3.67. The van der Waals surface area contributed by atoms with Gasteiger partial charge in [0.05, 0.1) is 0 Å². The first-order valence-corrected chi connectivity index (χ1v) is 4.72. The van der Waals surface area contributed by atoms with Gasteiger partial charge in [-0.25, -0.2) is 0 Å². The number of hydrogen-bond donors (Lipinski definition) is 0. The van der Waals surface area contributed by atoms with E-state index in [4.69, 9.17) is 0 Å². The van der Waals surface area contributed by atoms with Crippen LogP contribution < -0.4 is 9.30 Å². The molecular formula is C9H16GeNO4. The molecule has 1 aromatic carbocycles. The third kappa shape index (κ3) is 5.53. The van der Waals surface area contributed by atoms with E-state index in [1.165, 1.54) is 4.40 Å². The van der Waals surface area contributed by atoms with Gasteiger partial charge in [0.15, 0.2) is 0 Å². The van der Waals surface area contributed by atoms with Gasteiger partial charge in [-0.05, 0) is 0 Å². The van der Waals surface area contributed by atoms with E-state index in [-0.39, 0.29) is 22.3 Å². The number of nitrogens with zero attached hydrogens (tertiary/aromatic N) is 1. The molecular weight excluding hydrogens is 259 g/mol. The van der Waals surface area contributed by atoms with E-state index in [9.17, 15) is 4.79 Å². The van der Waals surface area contributed by atoms with Crippen molar-refractivity contribution in [2.45, 2.75) is 6.92 Å². The van der Waals surface area contributed by atoms with Crippen molar-refractivity contribution in [1.82, 2.24) is 0 Å².